The zero-order valence-corrected chi connectivity index (χ0v) is 20.0. The molecule has 1 N–H and O–H groups in total. The Hall–Kier alpha value is -3.47. The van der Waals surface area contributed by atoms with E-state index in [1.54, 1.807) is 0 Å². The van der Waals surface area contributed by atoms with Crippen LogP contribution >= 0.6 is 0 Å². The fourth-order valence-corrected chi connectivity index (χ4v) is 5.47. The van der Waals surface area contributed by atoms with Crippen molar-refractivity contribution in [2.75, 3.05) is 45.3 Å². The van der Waals surface area contributed by atoms with Gasteiger partial charge < -0.3 is 19.5 Å². The Morgan fingerprint density at radius 3 is 2.54 bits per heavy atom. The minimum Gasteiger partial charge on any atom is -0.495 e. The summed E-state index contributed by atoms with van der Waals surface area (Å²) in [7, 11) is -2.47. The average molecular weight is 499 g/mol. The highest BCUT2D eigenvalue weighted by atomic mass is 32.2. The van der Waals surface area contributed by atoms with Crippen molar-refractivity contribution < 1.29 is 32.2 Å². The largest absolute Gasteiger partial charge is 0.495 e. The van der Waals surface area contributed by atoms with Crippen molar-refractivity contribution in [3.8, 4) is 5.75 Å². The number of carbonyl (C=O) groups is 2. The van der Waals surface area contributed by atoms with Gasteiger partial charge in [0.25, 0.3) is 5.91 Å². The highest BCUT2D eigenvalue weighted by Gasteiger charge is 2.29. The van der Waals surface area contributed by atoms with E-state index in [-0.39, 0.29) is 35.8 Å². The molecule has 0 atom stereocenters. The molecule has 35 heavy (non-hydrogen) atoms. The molecule has 3 aromatic carbocycles. The number of methoxy groups -OCH3 is 1. The number of ether oxygens (including phenoxy) is 3. The fourth-order valence-electron chi connectivity index (χ4n) is 3.88. The molecule has 1 saturated heterocycles. The number of fused-ring (bicyclic) bond motifs is 1. The van der Waals surface area contributed by atoms with Crippen molar-refractivity contribution in [2.24, 2.45) is 0 Å². The molecule has 10 heteroatoms. The molecule has 4 rings (SSSR count). The fraction of sp³-hybridized carbons (Fsp3) is 0.280. The van der Waals surface area contributed by atoms with Crippen LogP contribution in [0, 0.1) is 0 Å². The number of benzene rings is 3. The second kappa shape index (κ2) is 10.9. The minimum absolute atomic E-state index is 0.0269. The van der Waals surface area contributed by atoms with E-state index in [1.165, 1.54) is 29.6 Å². The summed E-state index contributed by atoms with van der Waals surface area (Å²) in [6, 6.07) is 17.7. The number of anilines is 1. The van der Waals surface area contributed by atoms with E-state index < -0.39 is 28.5 Å². The van der Waals surface area contributed by atoms with Crippen molar-refractivity contribution in [3.63, 3.8) is 0 Å². The van der Waals surface area contributed by atoms with Gasteiger partial charge in [-0.15, -0.1) is 0 Å². The van der Waals surface area contributed by atoms with Gasteiger partial charge in [0.05, 0.1) is 26.7 Å². The first-order valence-corrected chi connectivity index (χ1v) is 12.5. The Labute approximate surface area is 203 Å². The molecule has 1 heterocycles. The lowest BCUT2D eigenvalue weighted by Crippen LogP contribution is -2.40. The van der Waals surface area contributed by atoms with Gasteiger partial charge in [-0.2, -0.15) is 4.31 Å². The first-order chi connectivity index (χ1) is 16.9. The van der Waals surface area contributed by atoms with Gasteiger partial charge in [0.1, 0.15) is 10.6 Å². The molecule has 0 unspecified atom stereocenters. The standard InChI is InChI=1S/C25H26N2O7S/c1-32-22-10-9-20(16-23(22)35(30,31)27-11-13-33-14-12-27)26-24(28)17-34-25(29)15-19-7-4-6-18-5-2-3-8-21(18)19/h2-10,16H,11-15,17H2,1H3,(H,26,28). The van der Waals surface area contributed by atoms with Crippen molar-refractivity contribution in [2.45, 2.75) is 11.3 Å². The quantitative estimate of drug-likeness (QED) is 0.475. The summed E-state index contributed by atoms with van der Waals surface area (Å²) >= 11 is 0. The SMILES string of the molecule is COc1ccc(NC(=O)COC(=O)Cc2cccc3ccccc23)cc1S(=O)(=O)N1CCOCC1. The van der Waals surface area contributed by atoms with E-state index >= 15 is 0 Å². The Morgan fingerprint density at radius 2 is 1.77 bits per heavy atom. The van der Waals surface area contributed by atoms with Crippen LogP contribution in [-0.4, -0.2) is 64.6 Å². The van der Waals surface area contributed by atoms with Crippen LogP contribution in [0.5, 0.6) is 5.75 Å². The molecule has 3 aromatic rings. The molecule has 1 amide bonds. The lowest BCUT2D eigenvalue weighted by atomic mass is 10.0. The minimum atomic E-state index is -3.85. The van der Waals surface area contributed by atoms with Gasteiger partial charge in [0.15, 0.2) is 6.61 Å². The highest BCUT2D eigenvalue weighted by Crippen LogP contribution is 2.30. The van der Waals surface area contributed by atoms with Gasteiger partial charge >= 0.3 is 5.97 Å². The maximum atomic E-state index is 13.1. The normalized spacial score (nSPS) is 14.4. The molecule has 1 aliphatic rings. The van der Waals surface area contributed by atoms with Crippen LogP contribution in [0.1, 0.15) is 5.56 Å². The molecule has 0 aliphatic carbocycles. The lowest BCUT2D eigenvalue weighted by Gasteiger charge is -2.26. The van der Waals surface area contributed by atoms with Crippen molar-refractivity contribution in [3.05, 3.63) is 66.2 Å². The molecule has 0 spiro atoms. The number of sulfonamides is 1. The summed E-state index contributed by atoms with van der Waals surface area (Å²) in [6.07, 6.45) is 0.0269. The summed E-state index contributed by atoms with van der Waals surface area (Å²) in [5.41, 5.74) is 1.05. The van der Waals surface area contributed by atoms with Crippen LogP contribution in [-0.2, 0) is 35.5 Å². The number of nitrogens with one attached hydrogen (secondary N) is 1. The van der Waals surface area contributed by atoms with E-state index in [0.717, 1.165) is 16.3 Å². The van der Waals surface area contributed by atoms with Crippen LogP contribution in [0.25, 0.3) is 10.8 Å². The molecule has 0 radical (unpaired) electrons. The zero-order valence-electron chi connectivity index (χ0n) is 19.2. The van der Waals surface area contributed by atoms with Gasteiger partial charge in [0.2, 0.25) is 10.0 Å². The predicted octanol–water partition coefficient (Wildman–Crippen LogP) is 2.59. The van der Waals surface area contributed by atoms with Crippen LogP contribution in [0.4, 0.5) is 5.69 Å². The molecule has 1 fully saturated rings. The van der Waals surface area contributed by atoms with Gasteiger partial charge in [0, 0.05) is 18.8 Å². The van der Waals surface area contributed by atoms with Crippen molar-refractivity contribution >= 4 is 38.4 Å². The molecule has 184 valence electrons. The molecule has 1 aliphatic heterocycles. The molecular formula is C25H26N2O7S. The van der Waals surface area contributed by atoms with Crippen LogP contribution in [0.2, 0.25) is 0 Å². The zero-order chi connectivity index (χ0) is 24.8. The van der Waals surface area contributed by atoms with Gasteiger partial charge in [-0.05, 0) is 34.5 Å². The number of hydrogen-bond acceptors (Lipinski definition) is 7. The number of amides is 1. The van der Waals surface area contributed by atoms with E-state index in [4.69, 9.17) is 14.2 Å². The molecule has 0 aromatic heterocycles. The Balaban J connectivity index is 1.39. The second-order valence-corrected chi connectivity index (χ2v) is 9.81. The number of nitrogens with zero attached hydrogens (tertiary/aromatic N) is 1. The predicted molar refractivity (Wildman–Crippen MR) is 130 cm³/mol. The third-order valence-electron chi connectivity index (χ3n) is 5.61. The summed E-state index contributed by atoms with van der Waals surface area (Å²) in [4.78, 5) is 24.7. The van der Waals surface area contributed by atoms with Gasteiger partial charge in [-0.25, -0.2) is 8.42 Å². The van der Waals surface area contributed by atoms with Crippen molar-refractivity contribution in [1.82, 2.24) is 4.31 Å². The second-order valence-electron chi connectivity index (χ2n) is 7.91. The molecule has 0 saturated carbocycles. The monoisotopic (exact) mass is 498 g/mol. The number of esters is 1. The third-order valence-corrected chi connectivity index (χ3v) is 7.53. The maximum absolute atomic E-state index is 13.1. The summed E-state index contributed by atoms with van der Waals surface area (Å²) in [5.74, 6) is -0.964. The number of morpholine rings is 1. The van der Waals surface area contributed by atoms with Crippen LogP contribution in [0.15, 0.2) is 65.6 Å². The van der Waals surface area contributed by atoms with E-state index in [0.29, 0.717) is 13.2 Å². The lowest BCUT2D eigenvalue weighted by molar-refractivity contribution is -0.146. The first-order valence-electron chi connectivity index (χ1n) is 11.1. The Morgan fingerprint density at radius 1 is 1.03 bits per heavy atom. The summed E-state index contributed by atoms with van der Waals surface area (Å²) in [5, 5.41) is 4.54. The number of hydrogen-bond donors (Lipinski definition) is 1. The summed E-state index contributed by atoms with van der Waals surface area (Å²) in [6.45, 7) is 0.578. The van der Waals surface area contributed by atoms with Crippen LogP contribution < -0.4 is 10.1 Å². The van der Waals surface area contributed by atoms with Gasteiger partial charge in [-0.3, -0.25) is 9.59 Å². The van der Waals surface area contributed by atoms with E-state index in [1.807, 2.05) is 42.5 Å². The average Bonchev–Trinajstić information content (AvgIpc) is 2.88. The maximum Gasteiger partial charge on any atom is 0.310 e. The molecule has 0 bridgehead atoms. The topological polar surface area (TPSA) is 111 Å². The number of rotatable bonds is 8. The number of carbonyl (C=O) groups excluding carboxylic acids is 2. The molecular weight excluding hydrogens is 472 g/mol. The summed E-state index contributed by atoms with van der Waals surface area (Å²) < 4.78 is 43.1. The van der Waals surface area contributed by atoms with Crippen molar-refractivity contribution in [1.29, 1.82) is 0 Å². The van der Waals surface area contributed by atoms with E-state index in [2.05, 4.69) is 5.32 Å². The molecule has 9 nitrogen and oxygen atoms in total. The smallest absolute Gasteiger partial charge is 0.310 e. The van der Waals surface area contributed by atoms with Gasteiger partial charge in [-0.1, -0.05) is 42.5 Å². The Kier molecular flexibility index (Phi) is 7.64. The third kappa shape index (κ3) is 5.79. The Bertz CT molecular complexity index is 1330. The van der Waals surface area contributed by atoms with E-state index in [9.17, 15) is 18.0 Å². The first kappa shape index (κ1) is 24.6. The highest BCUT2D eigenvalue weighted by molar-refractivity contribution is 7.89. The van der Waals surface area contributed by atoms with Crippen LogP contribution in [0.3, 0.4) is 0 Å².